The fourth-order valence-electron chi connectivity index (χ4n) is 3.51. The van der Waals surface area contributed by atoms with E-state index in [1.165, 1.54) is 12.1 Å². The number of alkyl halides is 2. The van der Waals surface area contributed by atoms with Gasteiger partial charge in [0.15, 0.2) is 0 Å². The molecule has 2 rings (SSSR count). The number of nitrogens with zero attached hydrogens (tertiary/aromatic N) is 1. The van der Waals surface area contributed by atoms with Crippen LogP contribution in [0.2, 0.25) is 0 Å². The van der Waals surface area contributed by atoms with Crippen LogP contribution in [0.1, 0.15) is 71.9 Å². The highest BCUT2D eigenvalue weighted by Crippen LogP contribution is 2.29. The van der Waals surface area contributed by atoms with Gasteiger partial charge in [0.1, 0.15) is 11.6 Å². The van der Waals surface area contributed by atoms with Gasteiger partial charge >= 0.3 is 6.11 Å². The molecule has 0 spiro atoms. The van der Waals surface area contributed by atoms with Gasteiger partial charge in [0, 0.05) is 48.5 Å². The summed E-state index contributed by atoms with van der Waals surface area (Å²) in [7, 11) is 0. The van der Waals surface area contributed by atoms with Crippen LogP contribution < -0.4 is 10.1 Å². The van der Waals surface area contributed by atoms with Gasteiger partial charge < -0.3 is 20.6 Å². The predicted octanol–water partition coefficient (Wildman–Crippen LogP) is 6.78. The summed E-state index contributed by atoms with van der Waals surface area (Å²) in [4.78, 5) is 15.2. The van der Waals surface area contributed by atoms with Crippen LogP contribution >= 0.6 is 0 Å². The maximum absolute atomic E-state index is 13.0. The van der Waals surface area contributed by atoms with Crippen LogP contribution in [0.15, 0.2) is 36.5 Å². The summed E-state index contributed by atoms with van der Waals surface area (Å²) in [5, 5.41) is 21.2. The smallest absolute Gasteiger partial charge is 0.394 e. The number of hydrogen-bond donors (Lipinski definition) is 3. The SMILES string of the molecule is CC#CC(=O)C(C)CC.CCC(CC)C(=N)c1c(CCO)ccnc1Nc1ccc(OC(C)(F)F)cc1. The molecule has 1 aromatic heterocycles. The van der Waals surface area contributed by atoms with Crippen LogP contribution in [0.5, 0.6) is 5.75 Å². The zero-order chi connectivity index (χ0) is 28.0. The Kier molecular flexibility index (Phi) is 13.5. The van der Waals surface area contributed by atoms with E-state index in [1.807, 2.05) is 33.8 Å². The second-order valence-electron chi connectivity index (χ2n) is 8.70. The largest absolute Gasteiger partial charge is 0.433 e. The lowest BCUT2D eigenvalue weighted by atomic mass is 9.89. The summed E-state index contributed by atoms with van der Waals surface area (Å²) < 4.78 is 30.5. The molecule has 3 N–H and O–H groups in total. The first kappa shape index (κ1) is 31.7. The number of halogens is 2. The average Bonchev–Trinajstić information content (AvgIpc) is 2.85. The maximum Gasteiger partial charge on any atom is 0.394 e. The first-order valence-corrected chi connectivity index (χ1v) is 12.6. The fourth-order valence-corrected chi connectivity index (χ4v) is 3.51. The molecule has 202 valence electrons. The topological polar surface area (TPSA) is 95.3 Å². The molecule has 0 aliphatic heterocycles. The number of Topliss-reactive ketones (excluding diaryl/α,β-unsaturated/α-hetero) is 1. The number of carbonyl (C=O) groups excluding carboxylic acids is 1. The Balaban J connectivity index is 0.000000649. The number of benzene rings is 1. The van der Waals surface area contributed by atoms with Crippen LogP contribution in [-0.2, 0) is 11.2 Å². The van der Waals surface area contributed by atoms with Gasteiger partial charge in [0.05, 0.1) is 0 Å². The summed E-state index contributed by atoms with van der Waals surface area (Å²) in [5.74, 6) is 5.91. The summed E-state index contributed by atoms with van der Waals surface area (Å²) in [5.41, 5.74) is 2.65. The maximum atomic E-state index is 13.0. The highest BCUT2D eigenvalue weighted by Gasteiger charge is 2.23. The van der Waals surface area contributed by atoms with E-state index in [4.69, 9.17) is 5.41 Å². The molecule has 0 bridgehead atoms. The number of hydrogen-bond acceptors (Lipinski definition) is 6. The van der Waals surface area contributed by atoms with E-state index in [9.17, 15) is 18.7 Å². The van der Waals surface area contributed by atoms with E-state index in [0.717, 1.165) is 24.8 Å². The highest BCUT2D eigenvalue weighted by atomic mass is 19.3. The molecule has 37 heavy (non-hydrogen) atoms. The number of carbonyl (C=O) groups is 1. The number of pyridine rings is 1. The minimum Gasteiger partial charge on any atom is -0.433 e. The molecule has 0 aliphatic rings. The van der Waals surface area contributed by atoms with Crippen molar-refractivity contribution in [3.8, 4) is 17.6 Å². The second kappa shape index (κ2) is 15.7. The fraction of sp³-hybridized carbons (Fsp3) is 0.483. The number of ketones is 1. The number of nitrogens with one attached hydrogen (secondary N) is 2. The van der Waals surface area contributed by atoms with Crippen LogP contribution in [-0.4, -0.2) is 34.3 Å². The van der Waals surface area contributed by atoms with Crippen molar-refractivity contribution in [1.82, 2.24) is 4.98 Å². The van der Waals surface area contributed by atoms with Gasteiger partial charge in [0.25, 0.3) is 0 Å². The predicted molar refractivity (Wildman–Crippen MR) is 145 cm³/mol. The number of anilines is 2. The second-order valence-corrected chi connectivity index (χ2v) is 8.70. The summed E-state index contributed by atoms with van der Waals surface area (Å²) >= 11 is 0. The molecule has 1 aromatic carbocycles. The molecule has 1 heterocycles. The third-order valence-corrected chi connectivity index (χ3v) is 5.80. The molecule has 1 unspecified atom stereocenters. The molecular formula is C29H39F2N3O3. The number of rotatable bonds is 12. The molecule has 1 atom stereocenters. The molecule has 0 saturated heterocycles. The zero-order valence-corrected chi connectivity index (χ0v) is 22.6. The minimum absolute atomic E-state index is 0.0239. The van der Waals surface area contributed by atoms with Crippen LogP contribution in [0.3, 0.4) is 0 Å². The Bertz CT molecular complexity index is 1070. The van der Waals surface area contributed by atoms with Crippen LogP contribution in [0.25, 0.3) is 0 Å². The van der Waals surface area contributed by atoms with Gasteiger partial charge in [-0.2, -0.15) is 8.78 Å². The molecule has 0 amide bonds. The molecule has 2 aromatic rings. The summed E-state index contributed by atoms with van der Waals surface area (Å²) in [6.45, 7) is 10.3. The Morgan fingerprint density at radius 1 is 1.16 bits per heavy atom. The van der Waals surface area contributed by atoms with Gasteiger partial charge in [-0.3, -0.25) is 4.79 Å². The van der Waals surface area contributed by atoms with Crippen molar-refractivity contribution in [3.05, 3.63) is 47.7 Å². The number of aliphatic hydroxyl groups excluding tert-OH is 1. The monoisotopic (exact) mass is 515 g/mol. The van der Waals surface area contributed by atoms with Crippen molar-refractivity contribution in [2.24, 2.45) is 11.8 Å². The van der Waals surface area contributed by atoms with Gasteiger partial charge in [-0.15, -0.1) is 0 Å². The van der Waals surface area contributed by atoms with Gasteiger partial charge in [0.2, 0.25) is 5.78 Å². The van der Waals surface area contributed by atoms with E-state index in [2.05, 4.69) is 26.9 Å². The lowest BCUT2D eigenvalue weighted by Crippen LogP contribution is -2.19. The Morgan fingerprint density at radius 2 is 1.78 bits per heavy atom. The van der Waals surface area contributed by atoms with Crippen LogP contribution in [0.4, 0.5) is 20.3 Å². The number of ether oxygens (including phenoxy) is 1. The van der Waals surface area contributed by atoms with Crippen LogP contribution in [0, 0.1) is 29.1 Å². The van der Waals surface area contributed by atoms with Gasteiger partial charge in [-0.25, -0.2) is 4.98 Å². The first-order chi connectivity index (χ1) is 17.5. The third-order valence-electron chi connectivity index (χ3n) is 5.80. The molecule has 6 nitrogen and oxygen atoms in total. The highest BCUT2D eigenvalue weighted by molar-refractivity contribution is 6.05. The van der Waals surface area contributed by atoms with E-state index in [1.54, 1.807) is 25.3 Å². The minimum atomic E-state index is -3.24. The van der Waals surface area contributed by atoms with Crippen molar-refractivity contribution in [2.75, 3.05) is 11.9 Å². The van der Waals surface area contributed by atoms with Gasteiger partial charge in [-0.05, 0) is 74.4 Å². The molecule has 8 heteroatoms. The molecular weight excluding hydrogens is 476 g/mol. The quantitative estimate of drug-likeness (QED) is 0.165. The molecule has 0 aliphatic carbocycles. The average molecular weight is 516 g/mol. The van der Waals surface area contributed by atoms with E-state index >= 15 is 0 Å². The van der Waals surface area contributed by atoms with Crippen molar-refractivity contribution in [3.63, 3.8) is 0 Å². The Labute approximate surface area is 219 Å². The van der Waals surface area contributed by atoms with E-state index in [0.29, 0.717) is 36.1 Å². The van der Waals surface area contributed by atoms with E-state index in [-0.39, 0.29) is 30.0 Å². The zero-order valence-electron chi connectivity index (χ0n) is 22.6. The number of aromatic nitrogens is 1. The van der Waals surface area contributed by atoms with Crippen molar-refractivity contribution in [1.29, 1.82) is 5.41 Å². The first-order valence-electron chi connectivity index (χ1n) is 12.6. The van der Waals surface area contributed by atoms with Gasteiger partial charge in [-0.1, -0.05) is 33.6 Å². The van der Waals surface area contributed by atoms with Crippen molar-refractivity contribution < 1.29 is 23.4 Å². The van der Waals surface area contributed by atoms with Crippen molar-refractivity contribution in [2.45, 2.75) is 73.3 Å². The summed E-state index contributed by atoms with van der Waals surface area (Å²) in [6, 6.07) is 7.94. The standard InChI is InChI=1S/C21H27F2N3O2.C8H12O/c1-4-14(5-2)19(24)18-15(11-13-27)10-12-25-20(18)26-16-6-8-17(9-7-16)28-21(3,22)23;1-4-6-8(9)7(3)5-2/h6-10,12,14,24,27H,4-5,11,13H2,1-3H3,(H,25,26);7H,5H2,1-3H3. The molecule has 0 saturated carbocycles. The summed E-state index contributed by atoms with van der Waals surface area (Å²) in [6.07, 6.45) is 1.36. The van der Waals surface area contributed by atoms with Crippen molar-refractivity contribution >= 4 is 23.0 Å². The molecule has 0 radical (unpaired) electrons. The third kappa shape index (κ3) is 10.7. The number of aliphatic hydroxyl groups is 1. The lowest BCUT2D eigenvalue weighted by molar-refractivity contribution is -0.158. The van der Waals surface area contributed by atoms with E-state index < -0.39 is 6.11 Å². The lowest BCUT2D eigenvalue weighted by Gasteiger charge is -2.20. The molecule has 0 fully saturated rings. The Morgan fingerprint density at radius 3 is 2.27 bits per heavy atom. The normalized spacial score (nSPS) is 11.5. The Hall–Kier alpha value is -3.31.